The molecule has 1 N–H and O–H groups in total. The summed E-state index contributed by atoms with van der Waals surface area (Å²) < 4.78 is 47.8. The molecule has 1 aliphatic carbocycles. The third kappa shape index (κ3) is 5.54. The molecular formula is C30H22F3N5O2. The second kappa shape index (κ2) is 10.6. The molecule has 0 unspecified atom stereocenters. The number of rotatable bonds is 7. The smallest absolute Gasteiger partial charge is 0.275 e. The van der Waals surface area contributed by atoms with Gasteiger partial charge in [0.25, 0.3) is 5.92 Å². The third-order valence-electron chi connectivity index (χ3n) is 6.45. The Morgan fingerprint density at radius 1 is 1.10 bits per heavy atom. The number of alkyl halides is 2. The minimum Gasteiger partial charge on any atom is -0.481 e. The van der Waals surface area contributed by atoms with Gasteiger partial charge in [-0.15, -0.1) is 0 Å². The number of hydrogen-bond acceptors (Lipinski definition) is 6. The van der Waals surface area contributed by atoms with Crippen LogP contribution in [0.5, 0.6) is 5.88 Å². The first kappa shape index (κ1) is 26.6. The fourth-order valence-electron chi connectivity index (χ4n) is 4.52. The molecular weight excluding hydrogens is 519 g/mol. The summed E-state index contributed by atoms with van der Waals surface area (Å²) in [5, 5.41) is 11.6. The van der Waals surface area contributed by atoms with Crippen LogP contribution in [-0.2, 0) is 23.6 Å². The second-order valence-electron chi connectivity index (χ2n) is 9.36. The Labute approximate surface area is 228 Å². The number of carbonyl (C=O) groups excluding carboxylic acids is 1. The van der Waals surface area contributed by atoms with Gasteiger partial charge in [-0.05, 0) is 58.7 Å². The van der Waals surface area contributed by atoms with Crippen LogP contribution in [0.3, 0.4) is 0 Å². The molecule has 0 saturated heterocycles. The topological polar surface area (TPSA) is 101 Å². The van der Waals surface area contributed by atoms with Crippen molar-refractivity contribution in [3.05, 3.63) is 101 Å². The maximum atomic E-state index is 15.1. The second-order valence-corrected chi connectivity index (χ2v) is 9.36. The Morgan fingerprint density at radius 3 is 2.65 bits per heavy atom. The van der Waals surface area contributed by atoms with Crippen LogP contribution in [0.2, 0.25) is 0 Å². The quantitative estimate of drug-likeness (QED) is 0.311. The molecule has 0 radical (unpaired) electrons. The SMILES string of the molecule is COc1ncc(NC(=O)Cc2ccc(-c3cnc4c(c3)C=C(c3ccnc(C#N)c3)C4)c(F)c2)cc1C(C)(F)F. The van der Waals surface area contributed by atoms with E-state index in [1.165, 1.54) is 19.4 Å². The Morgan fingerprint density at radius 2 is 1.93 bits per heavy atom. The van der Waals surface area contributed by atoms with Gasteiger partial charge in [-0.3, -0.25) is 9.78 Å². The van der Waals surface area contributed by atoms with E-state index in [-0.39, 0.29) is 18.0 Å². The predicted octanol–water partition coefficient (Wildman–Crippen LogP) is 5.95. The molecule has 1 aromatic carbocycles. The highest BCUT2D eigenvalue weighted by Gasteiger charge is 2.30. The van der Waals surface area contributed by atoms with Gasteiger partial charge in [0.05, 0.1) is 36.7 Å². The van der Waals surface area contributed by atoms with Gasteiger partial charge in [-0.2, -0.15) is 5.26 Å². The predicted molar refractivity (Wildman–Crippen MR) is 143 cm³/mol. The molecule has 0 bridgehead atoms. The van der Waals surface area contributed by atoms with E-state index < -0.39 is 23.2 Å². The number of anilines is 1. The minimum absolute atomic E-state index is 0.0756. The standard InChI is InChI=1S/C30H22F3N5O2/c1-30(32,33)25-13-23(16-37-29(25)40-2)38-28(39)8-17-3-4-24(26(31)7-17)21-10-20-9-19(12-27(20)36-15-21)18-5-6-35-22(11-18)14-34/h3-7,9-11,13,15-16H,8,12H2,1-2H3,(H,38,39). The van der Waals surface area contributed by atoms with Crippen molar-refractivity contribution in [2.24, 2.45) is 0 Å². The Balaban J connectivity index is 1.31. The number of ether oxygens (including phenoxy) is 1. The van der Waals surface area contributed by atoms with E-state index in [2.05, 4.69) is 20.3 Å². The summed E-state index contributed by atoms with van der Waals surface area (Å²) in [5.41, 5.74) is 4.83. The number of fused-ring (bicyclic) bond motifs is 1. The summed E-state index contributed by atoms with van der Waals surface area (Å²) in [7, 11) is 1.23. The number of pyridine rings is 3. The number of aromatic nitrogens is 3. The van der Waals surface area contributed by atoms with E-state index in [1.54, 1.807) is 30.6 Å². The molecule has 5 rings (SSSR count). The van der Waals surface area contributed by atoms with Crippen LogP contribution >= 0.6 is 0 Å². The summed E-state index contributed by atoms with van der Waals surface area (Å²) in [5.74, 6) is -4.50. The number of methoxy groups -OCH3 is 1. The van der Waals surface area contributed by atoms with Gasteiger partial charge in [0, 0.05) is 36.9 Å². The molecule has 1 aliphatic rings. The van der Waals surface area contributed by atoms with Crippen LogP contribution in [0.4, 0.5) is 18.9 Å². The summed E-state index contributed by atoms with van der Waals surface area (Å²) in [6.45, 7) is 0.709. The van der Waals surface area contributed by atoms with Crippen LogP contribution in [0, 0.1) is 17.1 Å². The van der Waals surface area contributed by atoms with Crippen molar-refractivity contribution in [3.8, 4) is 23.1 Å². The number of allylic oxidation sites excluding steroid dienone is 1. The van der Waals surface area contributed by atoms with Crippen molar-refractivity contribution in [2.75, 3.05) is 12.4 Å². The van der Waals surface area contributed by atoms with E-state index in [9.17, 15) is 13.6 Å². The number of amides is 1. The van der Waals surface area contributed by atoms with Crippen molar-refractivity contribution < 1.29 is 22.7 Å². The Hall–Kier alpha value is -5.04. The zero-order valence-electron chi connectivity index (χ0n) is 21.5. The third-order valence-corrected chi connectivity index (χ3v) is 6.45. The van der Waals surface area contributed by atoms with E-state index in [1.807, 2.05) is 24.3 Å². The highest BCUT2D eigenvalue weighted by Crippen LogP contribution is 2.35. The van der Waals surface area contributed by atoms with Crippen LogP contribution in [0.25, 0.3) is 22.8 Å². The number of hydrogen-bond donors (Lipinski definition) is 1. The zero-order chi connectivity index (χ0) is 28.4. The van der Waals surface area contributed by atoms with Crippen LogP contribution in [0.15, 0.2) is 61.1 Å². The highest BCUT2D eigenvalue weighted by molar-refractivity contribution is 5.92. The maximum Gasteiger partial charge on any atom is 0.275 e. The molecule has 3 aromatic heterocycles. The molecule has 0 saturated carbocycles. The average Bonchev–Trinajstić information content (AvgIpc) is 3.36. The molecule has 0 aliphatic heterocycles. The van der Waals surface area contributed by atoms with Gasteiger partial charge in [0.1, 0.15) is 17.6 Å². The lowest BCUT2D eigenvalue weighted by Gasteiger charge is -2.15. The summed E-state index contributed by atoms with van der Waals surface area (Å²) in [6.07, 6.45) is 6.78. The van der Waals surface area contributed by atoms with E-state index in [4.69, 9.17) is 10.00 Å². The van der Waals surface area contributed by atoms with Crippen molar-refractivity contribution in [2.45, 2.75) is 25.7 Å². The molecule has 200 valence electrons. The lowest BCUT2D eigenvalue weighted by molar-refractivity contribution is -0.115. The van der Waals surface area contributed by atoms with Crippen molar-refractivity contribution >= 4 is 23.2 Å². The van der Waals surface area contributed by atoms with Gasteiger partial charge in [0.2, 0.25) is 11.8 Å². The van der Waals surface area contributed by atoms with E-state index >= 15 is 4.39 Å². The Bertz CT molecular complexity index is 1710. The van der Waals surface area contributed by atoms with Crippen LogP contribution in [0.1, 0.15) is 40.6 Å². The van der Waals surface area contributed by atoms with Crippen LogP contribution in [-0.4, -0.2) is 28.0 Å². The van der Waals surface area contributed by atoms with E-state index in [0.29, 0.717) is 35.7 Å². The minimum atomic E-state index is -3.22. The molecule has 0 fully saturated rings. The van der Waals surface area contributed by atoms with E-state index in [0.717, 1.165) is 28.5 Å². The fraction of sp³-hybridized carbons (Fsp3) is 0.167. The molecule has 0 spiro atoms. The van der Waals surface area contributed by atoms with Gasteiger partial charge < -0.3 is 10.1 Å². The number of nitrogens with zero attached hydrogens (tertiary/aromatic N) is 4. The lowest BCUT2D eigenvalue weighted by Crippen LogP contribution is -2.16. The average molecular weight is 542 g/mol. The normalized spacial score (nSPS) is 12.3. The van der Waals surface area contributed by atoms with Gasteiger partial charge in [-0.25, -0.2) is 23.1 Å². The van der Waals surface area contributed by atoms with Crippen molar-refractivity contribution in [1.82, 2.24) is 15.0 Å². The van der Waals surface area contributed by atoms with Crippen molar-refractivity contribution in [1.29, 1.82) is 5.26 Å². The number of benzene rings is 1. The maximum absolute atomic E-state index is 15.1. The molecule has 0 atom stereocenters. The summed E-state index contributed by atoms with van der Waals surface area (Å²) in [6, 6.07) is 13.0. The molecule has 40 heavy (non-hydrogen) atoms. The zero-order valence-corrected chi connectivity index (χ0v) is 21.5. The molecule has 7 nitrogen and oxygen atoms in total. The number of carbonyl (C=O) groups is 1. The molecule has 1 amide bonds. The monoisotopic (exact) mass is 541 g/mol. The first-order chi connectivity index (χ1) is 19.1. The number of nitrogens with one attached hydrogen (secondary N) is 1. The number of halogens is 3. The van der Waals surface area contributed by atoms with Crippen LogP contribution < -0.4 is 10.1 Å². The lowest BCUT2D eigenvalue weighted by atomic mass is 10.0. The fourth-order valence-corrected chi connectivity index (χ4v) is 4.52. The first-order valence-electron chi connectivity index (χ1n) is 12.2. The Kier molecular flexibility index (Phi) is 7.05. The van der Waals surface area contributed by atoms with Gasteiger partial charge in [-0.1, -0.05) is 12.1 Å². The molecule has 4 aromatic rings. The first-order valence-corrected chi connectivity index (χ1v) is 12.2. The molecule has 3 heterocycles. The molecule has 10 heteroatoms. The summed E-state index contributed by atoms with van der Waals surface area (Å²) in [4.78, 5) is 24.9. The van der Waals surface area contributed by atoms with Gasteiger partial charge in [0.15, 0.2) is 0 Å². The van der Waals surface area contributed by atoms with Gasteiger partial charge >= 0.3 is 0 Å². The van der Waals surface area contributed by atoms with Crippen molar-refractivity contribution in [3.63, 3.8) is 0 Å². The highest BCUT2D eigenvalue weighted by atomic mass is 19.3. The number of nitriles is 1. The summed E-state index contributed by atoms with van der Waals surface area (Å²) >= 11 is 0. The largest absolute Gasteiger partial charge is 0.481 e.